The van der Waals surface area contributed by atoms with Crippen molar-refractivity contribution in [3.05, 3.63) is 35.5 Å². The Morgan fingerprint density at radius 1 is 1.38 bits per heavy atom. The van der Waals surface area contributed by atoms with Gasteiger partial charge in [0, 0.05) is 13.1 Å². The molecular formula is C17H21N3O4. The molecule has 24 heavy (non-hydrogen) atoms. The van der Waals surface area contributed by atoms with Crippen molar-refractivity contribution in [2.45, 2.75) is 26.2 Å². The molecule has 1 atom stereocenters. The van der Waals surface area contributed by atoms with Crippen molar-refractivity contribution >= 4 is 5.91 Å². The number of aromatic nitrogens is 2. The van der Waals surface area contributed by atoms with Crippen molar-refractivity contribution in [2.24, 2.45) is 0 Å². The molecule has 1 saturated heterocycles. The number of methoxy groups -OCH3 is 1. The monoisotopic (exact) mass is 331 g/mol. The first-order valence-electron chi connectivity index (χ1n) is 7.92. The number of likely N-dealkylation sites (tertiary alicyclic amines) is 1. The third kappa shape index (κ3) is 3.50. The quantitative estimate of drug-likeness (QED) is 0.835. The molecule has 1 aliphatic rings. The summed E-state index contributed by atoms with van der Waals surface area (Å²) in [5, 5.41) is 3.81. The Morgan fingerprint density at radius 2 is 2.21 bits per heavy atom. The van der Waals surface area contributed by atoms with Crippen LogP contribution in [0.5, 0.6) is 11.5 Å². The smallest absolute Gasteiger partial charge is 0.260 e. The van der Waals surface area contributed by atoms with Crippen LogP contribution in [-0.2, 0) is 4.79 Å². The minimum absolute atomic E-state index is 0.0188. The third-order valence-corrected chi connectivity index (χ3v) is 4.10. The standard InChI is InChI=1S/C17H21N3O4/c1-11-4-5-14(15(8-11)22-3)23-10-16(21)20-7-6-13(9-20)17-18-12(2)19-24-17/h4-5,8,13H,6-7,9-10H2,1-3H3. The van der Waals surface area contributed by atoms with Crippen LogP contribution in [0.2, 0.25) is 0 Å². The molecule has 1 aliphatic heterocycles. The first kappa shape index (κ1) is 16.3. The molecule has 0 radical (unpaired) electrons. The van der Waals surface area contributed by atoms with Crippen LogP contribution in [0.4, 0.5) is 0 Å². The molecule has 0 saturated carbocycles. The number of ether oxygens (including phenoxy) is 2. The van der Waals surface area contributed by atoms with E-state index in [0.29, 0.717) is 36.3 Å². The highest BCUT2D eigenvalue weighted by Crippen LogP contribution is 2.29. The van der Waals surface area contributed by atoms with Gasteiger partial charge < -0.3 is 18.9 Å². The van der Waals surface area contributed by atoms with Gasteiger partial charge in [0.1, 0.15) is 0 Å². The van der Waals surface area contributed by atoms with Crippen molar-refractivity contribution in [3.63, 3.8) is 0 Å². The fourth-order valence-electron chi connectivity index (χ4n) is 2.79. The van der Waals surface area contributed by atoms with Gasteiger partial charge in [-0.3, -0.25) is 4.79 Å². The van der Waals surface area contributed by atoms with E-state index in [1.807, 2.05) is 25.1 Å². The van der Waals surface area contributed by atoms with Crippen molar-refractivity contribution in [3.8, 4) is 11.5 Å². The Kier molecular flexibility index (Phi) is 4.69. The molecule has 7 nitrogen and oxygen atoms in total. The van der Waals surface area contributed by atoms with Crippen molar-refractivity contribution in [2.75, 3.05) is 26.8 Å². The Bertz CT molecular complexity index is 728. The van der Waals surface area contributed by atoms with Gasteiger partial charge in [0.15, 0.2) is 23.9 Å². The normalized spacial score (nSPS) is 17.1. The van der Waals surface area contributed by atoms with Crippen LogP contribution in [-0.4, -0.2) is 47.8 Å². The van der Waals surface area contributed by atoms with Gasteiger partial charge in [-0.1, -0.05) is 11.2 Å². The lowest BCUT2D eigenvalue weighted by atomic mass is 10.1. The van der Waals surface area contributed by atoms with Gasteiger partial charge in [0.05, 0.1) is 13.0 Å². The average Bonchev–Trinajstić information content (AvgIpc) is 3.22. The number of aryl methyl sites for hydroxylation is 2. The summed E-state index contributed by atoms with van der Waals surface area (Å²) in [6.45, 7) is 4.98. The average molecular weight is 331 g/mol. The predicted octanol–water partition coefficient (Wildman–Crippen LogP) is 2.09. The summed E-state index contributed by atoms with van der Waals surface area (Å²) in [6, 6.07) is 5.62. The second kappa shape index (κ2) is 6.90. The van der Waals surface area contributed by atoms with Crippen LogP contribution in [0.25, 0.3) is 0 Å². The molecule has 2 aromatic rings. The van der Waals surface area contributed by atoms with E-state index in [1.54, 1.807) is 18.9 Å². The van der Waals surface area contributed by atoms with Gasteiger partial charge in [-0.15, -0.1) is 0 Å². The Morgan fingerprint density at radius 3 is 2.92 bits per heavy atom. The lowest BCUT2D eigenvalue weighted by Crippen LogP contribution is -2.32. The number of nitrogens with zero attached hydrogens (tertiary/aromatic N) is 3. The topological polar surface area (TPSA) is 77.7 Å². The van der Waals surface area contributed by atoms with E-state index in [0.717, 1.165) is 12.0 Å². The van der Waals surface area contributed by atoms with E-state index < -0.39 is 0 Å². The number of benzene rings is 1. The highest BCUT2D eigenvalue weighted by molar-refractivity contribution is 5.78. The molecule has 0 N–H and O–H groups in total. The largest absolute Gasteiger partial charge is 0.493 e. The van der Waals surface area contributed by atoms with Crippen LogP contribution in [0.1, 0.15) is 29.6 Å². The summed E-state index contributed by atoms with van der Waals surface area (Å²) in [6.07, 6.45) is 0.821. The molecule has 0 spiro atoms. The maximum atomic E-state index is 12.4. The molecular weight excluding hydrogens is 310 g/mol. The molecule has 2 heterocycles. The van der Waals surface area contributed by atoms with E-state index in [4.69, 9.17) is 14.0 Å². The van der Waals surface area contributed by atoms with Gasteiger partial charge in [-0.25, -0.2) is 0 Å². The molecule has 1 amide bonds. The van der Waals surface area contributed by atoms with Crippen molar-refractivity contribution in [1.82, 2.24) is 15.0 Å². The predicted molar refractivity (Wildman–Crippen MR) is 86.2 cm³/mol. The molecule has 7 heteroatoms. The molecule has 1 aromatic carbocycles. The highest BCUT2D eigenvalue weighted by atomic mass is 16.5. The van der Waals surface area contributed by atoms with Crippen LogP contribution < -0.4 is 9.47 Å². The zero-order valence-corrected chi connectivity index (χ0v) is 14.1. The maximum Gasteiger partial charge on any atom is 0.260 e. The first-order valence-corrected chi connectivity index (χ1v) is 7.92. The van der Waals surface area contributed by atoms with E-state index >= 15 is 0 Å². The van der Waals surface area contributed by atoms with E-state index in [9.17, 15) is 4.79 Å². The second-order valence-electron chi connectivity index (χ2n) is 5.95. The molecule has 3 rings (SSSR count). The number of hydrogen-bond donors (Lipinski definition) is 0. The zero-order chi connectivity index (χ0) is 17.1. The fraction of sp³-hybridized carbons (Fsp3) is 0.471. The Balaban J connectivity index is 1.56. The second-order valence-corrected chi connectivity index (χ2v) is 5.95. The van der Waals surface area contributed by atoms with Crippen LogP contribution in [0.15, 0.2) is 22.7 Å². The minimum atomic E-state index is -0.0589. The molecule has 1 aromatic heterocycles. The van der Waals surface area contributed by atoms with Crippen molar-refractivity contribution < 1.29 is 18.8 Å². The number of carbonyl (C=O) groups is 1. The highest BCUT2D eigenvalue weighted by Gasteiger charge is 2.31. The van der Waals surface area contributed by atoms with Crippen LogP contribution in [0.3, 0.4) is 0 Å². The lowest BCUT2D eigenvalue weighted by molar-refractivity contribution is -0.132. The van der Waals surface area contributed by atoms with Crippen molar-refractivity contribution in [1.29, 1.82) is 0 Å². The lowest BCUT2D eigenvalue weighted by Gasteiger charge is -2.17. The molecule has 1 fully saturated rings. The summed E-state index contributed by atoms with van der Waals surface area (Å²) in [5.74, 6) is 2.46. The van der Waals surface area contributed by atoms with E-state index in [2.05, 4.69) is 10.1 Å². The molecule has 0 bridgehead atoms. The molecule has 128 valence electrons. The maximum absolute atomic E-state index is 12.4. The third-order valence-electron chi connectivity index (χ3n) is 4.10. The summed E-state index contributed by atoms with van der Waals surface area (Å²) in [7, 11) is 1.58. The summed E-state index contributed by atoms with van der Waals surface area (Å²) >= 11 is 0. The Labute approximate surface area is 140 Å². The summed E-state index contributed by atoms with van der Waals surface area (Å²) in [5.41, 5.74) is 1.07. The number of hydrogen-bond acceptors (Lipinski definition) is 6. The fourth-order valence-corrected chi connectivity index (χ4v) is 2.79. The van der Waals surface area contributed by atoms with E-state index in [-0.39, 0.29) is 18.4 Å². The van der Waals surface area contributed by atoms with Gasteiger partial charge in [-0.05, 0) is 38.0 Å². The molecule has 0 aliphatic carbocycles. The number of amides is 1. The number of carbonyl (C=O) groups excluding carboxylic acids is 1. The van der Waals surface area contributed by atoms with Gasteiger partial charge >= 0.3 is 0 Å². The minimum Gasteiger partial charge on any atom is -0.493 e. The van der Waals surface area contributed by atoms with Gasteiger partial charge in [0.25, 0.3) is 5.91 Å². The van der Waals surface area contributed by atoms with Crippen LogP contribution >= 0.6 is 0 Å². The first-order chi connectivity index (χ1) is 11.6. The zero-order valence-electron chi connectivity index (χ0n) is 14.1. The Hall–Kier alpha value is -2.57. The van der Waals surface area contributed by atoms with E-state index in [1.165, 1.54) is 0 Å². The number of rotatable bonds is 5. The summed E-state index contributed by atoms with van der Waals surface area (Å²) < 4.78 is 16.1. The van der Waals surface area contributed by atoms with Gasteiger partial charge in [0.2, 0.25) is 5.89 Å². The molecule has 1 unspecified atom stereocenters. The van der Waals surface area contributed by atoms with Gasteiger partial charge in [-0.2, -0.15) is 4.98 Å². The SMILES string of the molecule is COc1cc(C)ccc1OCC(=O)N1CCC(c2nc(C)no2)C1. The van der Waals surface area contributed by atoms with Crippen LogP contribution in [0, 0.1) is 13.8 Å². The summed E-state index contributed by atoms with van der Waals surface area (Å²) in [4.78, 5) is 18.4.